The van der Waals surface area contributed by atoms with Gasteiger partial charge in [0, 0.05) is 0 Å². The van der Waals surface area contributed by atoms with Crippen molar-refractivity contribution in [1.82, 2.24) is 0 Å². The van der Waals surface area contributed by atoms with Crippen molar-refractivity contribution in [2.45, 2.75) is 242 Å². The van der Waals surface area contributed by atoms with Crippen molar-refractivity contribution in [2.24, 2.45) is 5.92 Å². The van der Waals surface area contributed by atoms with E-state index in [4.69, 9.17) is 18.9 Å². The molecule has 0 amide bonds. The van der Waals surface area contributed by atoms with Gasteiger partial charge < -0.3 is 53.6 Å². The summed E-state index contributed by atoms with van der Waals surface area (Å²) in [6, 6.07) is 0. The van der Waals surface area contributed by atoms with Crippen LogP contribution in [0.1, 0.15) is 181 Å². The zero-order chi connectivity index (χ0) is 45.1. The zero-order valence-electron chi connectivity index (χ0n) is 38.8. The summed E-state index contributed by atoms with van der Waals surface area (Å²) >= 11 is 0. The average Bonchev–Trinajstić information content (AvgIpc) is 3.20. The molecule has 2 saturated heterocycles. The third kappa shape index (κ3) is 28.6. The van der Waals surface area contributed by atoms with Crippen molar-refractivity contribution in [2.75, 3.05) is 19.8 Å². The van der Waals surface area contributed by atoms with Gasteiger partial charge in [0.2, 0.25) is 20.8 Å². The van der Waals surface area contributed by atoms with Crippen LogP contribution in [0.4, 0.5) is 0 Å². The second-order valence-corrected chi connectivity index (χ2v) is 19.1. The normalized spacial score (nSPS) is 26.7. The summed E-state index contributed by atoms with van der Waals surface area (Å²) in [7, 11) is -10.9. The molecule has 2 aliphatic rings. The van der Waals surface area contributed by atoms with Crippen LogP contribution in [0.2, 0.25) is 0 Å². The third-order valence-corrected chi connectivity index (χ3v) is 12.7. The molecule has 10 atom stereocenters. The molecule has 21 heteroatoms. The SMILES string of the molecule is CCCCCCCCCCCCCCC(CCCCCCCCCCCCCC)CO[C@@H]1O[C@H](CO)[C@@H](O[C@@H]2O[C@H](COS(=O)(=O)[O-])[C@H](O)[C@H](OS(=O)(=O)[O-])[C@H]2O)[C@H](O)[C@H]1O.[Na+].[Na+]. The first kappa shape index (κ1) is 64.4. The van der Waals surface area contributed by atoms with E-state index in [1.54, 1.807) is 0 Å². The largest absolute Gasteiger partial charge is 1.00 e. The molecule has 0 aromatic rings. The molecule has 0 radical (unpaired) electrons. The quantitative estimate of drug-likeness (QED) is 0.0225. The smallest absolute Gasteiger partial charge is 0.726 e. The van der Waals surface area contributed by atoms with Crippen molar-refractivity contribution in [3.8, 4) is 0 Å². The first-order valence-corrected chi connectivity index (χ1v) is 25.9. The molecule has 0 aromatic carbocycles. The summed E-state index contributed by atoms with van der Waals surface area (Å²) in [6.45, 7) is 2.69. The molecule has 2 rings (SSSR count). The molecule has 0 spiro atoms. The summed E-state index contributed by atoms with van der Waals surface area (Å²) in [5.41, 5.74) is 0. The van der Waals surface area contributed by atoms with Crippen LogP contribution in [-0.4, -0.2) is 133 Å². The molecule has 2 aliphatic heterocycles. The first-order chi connectivity index (χ1) is 29.1. The van der Waals surface area contributed by atoms with Crippen LogP contribution in [0.3, 0.4) is 0 Å². The van der Waals surface area contributed by atoms with Crippen molar-refractivity contribution in [3.05, 3.63) is 0 Å². The Kier molecular flexibility index (Phi) is 38.1. The van der Waals surface area contributed by atoms with Crippen LogP contribution in [0.15, 0.2) is 0 Å². The Labute approximate surface area is 423 Å². The molecule has 0 unspecified atom stereocenters. The minimum Gasteiger partial charge on any atom is -0.726 e. The Morgan fingerprint density at radius 3 is 1.33 bits per heavy atom. The number of aliphatic hydroxyl groups excluding tert-OH is 5. The molecule has 2 heterocycles. The van der Waals surface area contributed by atoms with Crippen LogP contribution >= 0.6 is 0 Å². The predicted molar refractivity (Wildman–Crippen MR) is 224 cm³/mol. The Morgan fingerprint density at radius 1 is 0.524 bits per heavy atom. The molecule has 5 N–H and O–H groups in total. The monoisotopic (exact) mass is 966 g/mol. The molecular weight excluding hydrogens is 887 g/mol. The molecule has 0 aromatic heterocycles. The fourth-order valence-electron chi connectivity index (χ4n) is 8.16. The van der Waals surface area contributed by atoms with Crippen molar-refractivity contribution in [1.29, 1.82) is 0 Å². The zero-order valence-corrected chi connectivity index (χ0v) is 44.4. The van der Waals surface area contributed by atoms with Gasteiger partial charge in [-0.15, -0.1) is 0 Å². The molecule has 63 heavy (non-hydrogen) atoms. The summed E-state index contributed by atoms with van der Waals surface area (Å²) in [4.78, 5) is 0. The molecule has 0 bridgehead atoms. The fourth-order valence-corrected chi connectivity index (χ4v) is 8.96. The Morgan fingerprint density at radius 2 is 0.937 bits per heavy atom. The maximum Gasteiger partial charge on any atom is 1.00 e. The standard InChI is InChI=1S/C42H82O17S2.2Na/c1-3-5-7-9-11-13-15-17-19-21-23-25-27-32(28-26-24-22-20-18-16-14-12-10-8-6-4-2)30-54-41-37(46)36(45)39(33(29-43)56-41)58-42-38(47)40(59-61(51,52)53)35(44)34(57-42)31-55-60(48,49)50;;/h32-47H,3-31H2,1-2H3,(H,48,49,50)(H,51,52,53);;/q;2*+1/p-2/t33-,34-,35+,36-,37-,38-,39-,40+,41-,42+;;/m1../s1. The summed E-state index contributed by atoms with van der Waals surface area (Å²) in [5.74, 6) is 0.157. The van der Waals surface area contributed by atoms with E-state index in [0.29, 0.717) is 0 Å². The fraction of sp³-hybridized carbons (Fsp3) is 1.00. The van der Waals surface area contributed by atoms with E-state index in [2.05, 4.69) is 22.2 Å². The van der Waals surface area contributed by atoms with Crippen LogP contribution in [0, 0.1) is 5.92 Å². The van der Waals surface area contributed by atoms with Crippen LogP contribution in [-0.2, 0) is 48.1 Å². The van der Waals surface area contributed by atoms with Gasteiger partial charge in [0.1, 0.15) is 48.8 Å². The molecule has 0 saturated carbocycles. The maximum atomic E-state index is 11.4. The predicted octanol–water partition coefficient (Wildman–Crippen LogP) is -0.597. The number of hydrogen-bond acceptors (Lipinski definition) is 17. The number of hydrogen-bond donors (Lipinski definition) is 5. The van der Waals surface area contributed by atoms with Crippen molar-refractivity contribution in [3.63, 3.8) is 0 Å². The molecular formula is C42H80Na2O17S2. The second kappa shape index (κ2) is 37.2. The molecule has 17 nitrogen and oxygen atoms in total. The van der Waals surface area contributed by atoms with Gasteiger partial charge in [-0.05, 0) is 18.8 Å². The van der Waals surface area contributed by atoms with Crippen LogP contribution < -0.4 is 59.1 Å². The van der Waals surface area contributed by atoms with E-state index in [1.807, 2.05) is 0 Å². The molecule has 2 fully saturated rings. The van der Waals surface area contributed by atoms with Gasteiger partial charge in [-0.3, -0.25) is 8.37 Å². The van der Waals surface area contributed by atoms with E-state index in [9.17, 15) is 51.5 Å². The van der Waals surface area contributed by atoms with Gasteiger partial charge in [0.15, 0.2) is 12.6 Å². The Balaban J connectivity index is 0.0000192. The Bertz CT molecular complexity index is 1290. The average molecular weight is 967 g/mol. The number of aliphatic hydroxyl groups is 5. The minimum absolute atomic E-state index is 0. The van der Waals surface area contributed by atoms with Gasteiger partial charge in [-0.2, -0.15) is 0 Å². The molecule has 364 valence electrons. The topological polar surface area (TPSA) is 271 Å². The van der Waals surface area contributed by atoms with Gasteiger partial charge in [0.25, 0.3) is 0 Å². The molecule has 0 aliphatic carbocycles. The number of rotatable bonds is 37. The van der Waals surface area contributed by atoms with Crippen LogP contribution in [0.25, 0.3) is 0 Å². The summed E-state index contributed by atoms with van der Waals surface area (Å²) < 4.78 is 98.5. The van der Waals surface area contributed by atoms with E-state index in [1.165, 1.54) is 128 Å². The van der Waals surface area contributed by atoms with Gasteiger partial charge in [-0.25, -0.2) is 16.8 Å². The summed E-state index contributed by atoms with van der Waals surface area (Å²) in [5, 5.41) is 53.8. The summed E-state index contributed by atoms with van der Waals surface area (Å²) in [6.07, 6.45) is 12.8. The number of unbranched alkanes of at least 4 members (excludes halogenated alkanes) is 22. The van der Waals surface area contributed by atoms with Gasteiger partial charge in [0.05, 0.1) is 19.8 Å². The van der Waals surface area contributed by atoms with Crippen LogP contribution in [0.5, 0.6) is 0 Å². The van der Waals surface area contributed by atoms with Crippen molar-refractivity contribution < 1.29 is 138 Å². The van der Waals surface area contributed by atoms with Crippen molar-refractivity contribution >= 4 is 20.8 Å². The Hall–Kier alpha value is 1.38. The number of ether oxygens (including phenoxy) is 4. The third-order valence-electron chi connectivity index (χ3n) is 11.8. The van der Waals surface area contributed by atoms with Gasteiger partial charge >= 0.3 is 59.1 Å². The maximum absolute atomic E-state index is 11.4. The van der Waals surface area contributed by atoms with Gasteiger partial charge in [-0.1, -0.05) is 168 Å². The minimum atomic E-state index is -5.58. The van der Waals surface area contributed by atoms with E-state index in [0.717, 1.165) is 38.5 Å². The van der Waals surface area contributed by atoms with E-state index < -0.39 is 95.4 Å². The van der Waals surface area contributed by atoms with E-state index in [-0.39, 0.29) is 71.6 Å². The first-order valence-electron chi connectivity index (χ1n) is 23.3. The van der Waals surface area contributed by atoms with E-state index >= 15 is 0 Å². The second-order valence-electron chi connectivity index (χ2n) is 17.0.